The van der Waals surface area contributed by atoms with Gasteiger partial charge in [0.1, 0.15) is 11.2 Å². The number of fused-ring (bicyclic) bond motifs is 6. The molecule has 134 valence electrons. The van der Waals surface area contributed by atoms with Crippen molar-refractivity contribution in [3.8, 4) is 5.69 Å². The van der Waals surface area contributed by atoms with Gasteiger partial charge in [-0.05, 0) is 48.5 Å². The maximum absolute atomic E-state index is 6.02. The van der Waals surface area contributed by atoms with E-state index in [9.17, 15) is 0 Å². The smallest absolute Gasteiger partial charge is 0.135 e. The summed E-state index contributed by atoms with van der Waals surface area (Å²) in [6.07, 6.45) is 0. The Bertz CT molecular complexity index is 1450. The van der Waals surface area contributed by atoms with E-state index in [0.717, 1.165) is 33.3 Å². The molecule has 6 rings (SSSR count). The average molecular weight is 363 g/mol. The zero-order valence-corrected chi connectivity index (χ0v) is 15.0. The van der Waals surface area contributed by atoms with Crippen LogP contribution in [-0.2, 0) is 0 Å². The number of rotatable bonds is 2. The summed E-state index contributed by atoms with van der Waals surface area (Å²) in [5, 5.41) is 4.63. The molecule has 0 aliphatic heterocycles. The van der Waals surface area contributed by atoms with Crippen LogP contribution in [0.2, 0.25) is 0 Å². The number of nitrogens with one attached hydrogen (secondary N) is 1. The Kier molecular flexibility index (Phi) is 3.07. The van der Waals surface area contributed by atoms with E-state index < -0.39 is 0 Å². The lowest BCUT2D eigenvalue weighted by atomic mass is 10.1. The molecule has 0 radical (unpaired) electrons. The highest BCUT2D eigenvalue weighted by Gasteiger charge is 2.14. The zero-order chi connectivity index (χ0) is 18.7. The highest BCUT2D eigenvalue weighted by atomic mass is 16.3. The molecule has 0 aliphatic carbocycles. The number of nitrogens with two attached hydrogens (primary N) is 1. The second-order valence-electron chi connectivity index (χ2n) is 7.01. The van der Waals surface area contributed by atoms with E-state index >= 15 is 0 Å². The molecule has 4 nitrogen and oxygen atoms in total. The van der Waals surface area contributed by atoms with E-state index in [1.165, 1.54) is 21.8 Å². The molecule has 0 aliphatic rings. The lowest BCUT2D eigenvalue weighted by Crippen LogP contribution is -2.05. The van der Waals surface area contributed by atoms with Crippen LogP contribution < -0.4 is 11.3 Å². The molecule has 0 amide bonds. The zero-order valence-electron chi connectivity index (χ0n) is 15.0. The van der Waals surface area contributed by atoms with Gasteiger partial charge in [-0.15, -0.1) is 0 Å². The average Bonchev–Trinajstić information content (AvgIpc) is 3.28. The number of nitrogen functional groups attached to an aromatic ring is 1. The molecule has 0 saturated heterocycles. The molecule has 4 aromatic carbocycles. The summed E-state index contributed by atoms with van der Waals surface area (Å²) in [4.78, 5) is 0. The highest BCUT2D eigenvalue weighted by molar-refractivity contribution is 6.10. The van der Waals surface area contributed by atoms with Crippen molar-refractivity contribution in [1.29, 1.82) is 0 Å². The number of benzene rings is 4. The molecule has 28 heavy (non-hydrogen) atoms. The first-order chi connectivity index (χ1) is 13.8. The summed E-state index contributed by atoms with van der Waals surface area (Å²) < 4.78 is 8.33. The van der Waals surface area contributed by atoms with Crippen LogP contribution in [0.1, 0.15) is 0 Å². The van der Waals surface area contributed by atoms with Crippen molar-refractivity contribution in [2.45, 2.75) is 0 Å². The van der Waals surface area contributed by atoms with Crippen molar-refractivity contribution in [3.05, 3.63) is 84.9 Å². The number of furan rings is 1. The Balaban J connectivity index is 1.71. The predicted molar refractivity (Wildman–Crippen MR) is 116 cm³/mol. The molecule has 0 bridgehead atoms. The van der Waals surface area contributed by atoms with Crippen molar-refractivity contribution in [1.82, 2.24) is 4.57 Å². The maximum Gasteiger partial charge on any atom is 0.135 e. The molecule has 6 aromatic rings. The molecule has 0 spiro atoms. The van der Waals surface area contributed by atoms with Crippen molar-refractivity contribution < 1.29 is 4.42 Å². The number of hydrogen-bond acceptors (Lipinski definition) is 3. The van der Waals surface area contributed by atoms with Crippen molar-refractivity contribution in [3.63, 3.8) is 0 Å². The minimum Gasteiger partial charge on any atom is -0.456 e. The van der Waals surface area contributed by atoms with Gasteiger partial charge in [0.2, 0.25) is 0 Å². The first-order valence-electron chi connectivity index (χ1n) is 9.25. The van der Waals surface area contributed by atoms with Gasteiger partial charge in [-0.2, -0.15) is 0 Å². The maximum atomic E-state index is 6.02. The fraction of sp³-hybridized carbons (Fsp3) is 0. The number of hydrazine groups is 1. The summed E-state index contributed by atoms with van der Waals surface area (Å²) in [5.41, 5.74) is 8.80. The van der Waals surface area contributed by atoms with Gasteiger partial charge in [0.25, 0.3) is 0 Å². The molecule has 4 heteroatoms. The molecule has 0 fully saturated rings. The quantitative estimate of drug-likeness (QED) is 0.294. The van der Waals surface area contributed by atoms with Gasteiger partial charge in [-0.1, -0.05) is 36.4 Å². The standard InChI is InChI=1S/C24H17N3O/c25-26-15-9-11-23-19(13-15)20-14-16(10-12-24(20)28-23)27-21-7-3-1-5-17(21)18-6-2-4-8-22(18)27/h1-14,26H,25H2. The number of aromatic nitrogens is 1. The Hall–Kier alpha value is -3.76. The second-order valence-corrected chi connectivity index (χ2v) is 7.01. The van der Waals surface area contributed by atoms with Gasteiger partial charge in [-0.3, -0.25) is 5.84 Å². The fourth-order valence-corrected chi connectivity index (χ4v) is 4.19. The largest absolute Gasteiger partial charge is 0.456 e. The number of anilines is 1. The van der Waals surface area contributed by atoms with Gasteiger partial charge >= 0.3 is 0 Å². The minimum absolute atomic E-state index is 0.855. The number of hydrogen-bond donors (Lipinski definition) is 2. The van der Waals surface area contributed by atoms with Crippen molar-refractivity contribution in [2.24, 2.45) is 5.84 Å². The van der Waals surface area contributed by atoms with E-state index in [-0.39, 0.29) is 0 Å². The normalized spacial score (nSPS) is 11.8. The Morgan fingerprint density at radius 3 is 1.93 bits per heavy atom. The summed E-state index contributed by atoms with van der Waals surface area (Å²) in [6, 6.07) is 29.3. The third kappa shape index (κ3) is 2.03. The van der Waals surface area contributed by atoms with E-state index in [2.05, 4.69) is 70.7 Å². The van der Waals surface area contributed by atoms with Crippen LogP contribution in [0.4, 0.5) is 5.69 Å². The Morgan fingerprint density at radius 1 is 0.643 bits per heavy atom. The van der Waals surface area contributed by atoms with Crippen LogP contribution in [0.15, 0.2) is 89.3 Å². The number of nitrogens with zero attached hydrogens (tertiary/aromatic N) is 1. The van der Waals surface area contributed by atoms with Crippen LogP contribution in [0.5, 0.6) is 0 Å². The van der Waals surface area contributed by atoms with Gasteiger partial charge in [-0.25, -0.2) is 0 Å². The third-order valence-electron chi connectivity index (χ3n) is 5.46. The number of para-hydroxylation sites is 2. The second kappa shape index (κ2) is 5.62. The first-order valence-corrected chi connectivity index (χ1v) is 9.25. The Morgan fingerprint density at radius 2 is 1.25 bits per heavy atom. The van der Waals surface area contributed by atoms with Crippen LogP contribution in [0.25, 0.3) is 49.4 Å². The highest BCUT2D eigenvalue weighted by Crippen LogP contribution is 2.35. The Labute approximate surface area is 160 Å². The van der Waals surface area contributed by atoms with E-state index in [1.54, 1.807) is 0 Å². The van der Waals surface area contributed by atoms with E-state index in [1.807, 2.05) is 24.3 Å². The van der Waals surface area contributed by atoms with Crippen LogP contribution in [0, 0.1) is 0 Å². The molecule has 0 atom stereocenters. The summed E-state index contributed by atoms with van der Waals surface area (Å²) in [7, 11) is 0. The van der Waals surface area contributed by atoms with E-state index in [4.69, 9.17) is 10.3 Å². The van der Waals surface area contributed by atoms with Crippen LogP contribution in [0.3, 0.4) is 0 Å². The lowest BCUT2D eigenvalue weighted by molar-refractivity contribution is 0.669. The summed E-state index contributed by atoms with van der Waals surface area (Å²) in [5.74, 6) is 5.60. The topological polar surface area (TPSA) is 56.1 Å². The molecule has 2 aromatic heterocycles. The van der Waals surface area contributed by atoms with Crippen LogP contribution in [-0.4, -0.2) is 4.57 Å². The monoisotopic (exact) mass is 363 g/mol. The van der Waals surface area contributed by atoms with Crippen LogP contribution >= 0.6 is 0 Å². The van der Waals surface area contributed by atoms with Gasteiger partial charge < -0.3 is 14.4 Å². The fourth-order valence-electron chi connectivity index (χ4n) is 4.19. The molecule has 0 saturated carbocycles. The molecule has 0 unspecified atom stereocenters. The third-order valence-corrected chi connectivity index (χ3v) is 5.46. The van der Waals surface area contributed by atoms with Gasteiger partial charge in [0.15, 0.2) is 0 Å². The first kappa shape index (κ1) is 15.3. The summed E-state index contributed by atoms with van der Waals surface area (Å²) in [6.45, 7) is 0. The van der Waals surface area contributed by atoms with Gasteiger partial charge in [0.05, 0.1) is 11.0 Å². The van der Waals surface area contributed by atoms with Gasteiger partial charge in [0, 0.05) is 32.9 Å². The predicted octanol–water partition coefficient (Wildman–Crippen LogP) is 5.97. The molecule has 3 N–H and O–H groups in total. The summed E-state index contributed by atoms with van der Waals surface area (Å²) >= 11 is 0. The molecular weight excluding hydrogens is 346 g/mol. The van der Waals surface area contributed by atoms with E-state index in [0.29, 0.717) is 0 Å². The molecule has 2 heterocycles. The SMILES string of the molecule is NNc1ccc2oc3ccc(-n4c5ccccc5c5ccccc54)cc3c2c1. The van der Waals surface area contributed by atoms with Crippen molar-refractivity contribution in [2.75, 3.05) is 5.43 Å². The lowest BCUT2D eigenvalue weighted by Gasteiger charge is -2.08. The molecular formula is C24H17N3O. The van der Waals surface area contributed by atoms with Crippen molar-refractivity contribution >= 4 is 49.4 Å². The minimum atomic E-state index is 0.855.